The molecule has 9 nitrogen and oxygen atoms in total. The van der Waals surface area contributed by atoms with Crippen molar-refractivity contribution in [2.24, 2.45) is 7.05 Å². The lowest BCUT2D eigenvalue weighted by atomic mass is 10.0. The van der Waals surface area contributed by atoms with Crippen LogP contribution in [0.25, 0.3) is 0 Å². The van der Waals surface area contributed by atoms with Gasteiger partial charge in [0.05, 0.1) is 4.92 Å². The smallest absolute Gasteiger partial charge is 0.334 e. The number of piperidine rings is 1. The molecule has 9 heteroatoms. The zero-order valence-corrected chi connectivity index (χ0v) is 12.1. The number of likely N-dealkylation sites (tertiary alicyclic amines) is 1. The fraction of sp³-hybridized carbons (Fsp3) is 0.583. The Hall–Kier alpha value is -2.45. The fourth-order valence-electron chi connectivity index (χ4n) is 2.37. The molecular weight excluding hydrogens is 278 g/mol. The maximum atomic E-state index is 12.1. The predicted molar refractivity (Wildman–Crippen MR) is 73.7 cm³/mol. The number of rotatable bonds is 4. The average Bonchev–Trinajstić information content (AvgIpc) is 2.76. The Kier molecular flexibility index (Phi) is 3.92. The Bertz CT molecular complexity index is 609. The molecule has 1 unspecified atom stereocenters. The summed E-state index contributed by atoms with van der Waals surface area (Å²) in [7, 11) is 2.99. The molecule has 1 fully saturated rings. The highest BCUT2D eigenvalue weighted by atomic mass is 16.6. The van der Waals surface area contributed by atoms with Gasteiger partial charge >= 0.3 is 5.69 Å². The van der Waals surface area contributed by atoms with Gasteiger partial charge in [-0.2, -0.15) is 5.10 Å². The lowest BCUT2D eigenvalue weighted by Gasteiger charge is -2.28. The summed E-state index contributed by atoms with van der Waals surface area (Å²) >= 11 is 0. The van der Waals surface area contributed by atoms with Gasteiger partial charge in [-0.05, 0) is 12.8 Å². The second-order valence-corrected chi connectivity index (χ2v) is 4.90. The largest absolute Gasteiger partial charge is 0.353 e. The van der Waals surface area contributed by atoms with Crippen LogP contribution in [-0.4, -0.2) is 44.5 Å². The number of nitrogens with zero attached hydrogens (tertiary/aromatic N) is 4. The van der Waals surface area contributed by atoms with Crippen LogP contribution < -0.4 is 5.32 Å². The SMILES string of the molecule is CCc1nn(C)c(NC2CCC(=O)N(C)C2=O)c1[N+](=O)[O-]. The minimum atomic E-state index is -0.661. The number of nitrogens with one attached hydrogen (secondary N) is 1. The summed E-state index contributed by atoms with van der Waals surface area (Å²) in [5.41, 5.74) is 0.241. The van der Waals surface area contributed by atoms with Crippen LogP contribution in [0.5, 0.6) is 0 Å². The molecule has 0 aromatic carbocycles. The summed E-state index contributed by atoms with van der Waals surface area (Å²) < 4.78 is 1.36. The molecule has 2 rings (SSSR count). The third-order valence-corrected chi connectivity index (χ3v) is 3.57. The van der Waals surface area contributed by atoms with E-state index in [1.165, 1.54) is 11.7 Å². The number of amides is 2. The zero-order chi connectivity index (χ0) is 15.7. The number of imide groups is 1. The Morgan fingerprint density at radius 3 is 2.67 bits per heavy atom. The van der Waals surface area contributed by atoms with E-state index in [1.54, 1.807) is 14.0 Å². The standard InChI is InChI=1S/C12H17N5O4/c1-4-7-10(17(20)21)11(16(3)14-7)13-8-5-6-9(18)15(2)12(8)19/h8,13H,4-6H2,1-3H3. The van der Waals surface area contributed by atoms with Gasteiger partial charge in [0.25, 0.3) is 5.91 Å². The van der Waals surface area contributed by atoms with Crippen molar-refractivity contribution in [3.8, 4) is 0 Å². The number of aryl methyl sites for hydroxylation is 2. The third-order valence-electron chi connectivity index (χ3n) is 3.57. The highest BCUT2D eigenvalue weighted by Gasteiger charge is 2.35. The van der Waals surface area contributed by atoms with E-state index in [4.69, 9.17) is 0 Å². The van der Waals surface area contributed by atoms with Gasteiger partial charge in [-0.15, -0.1) is 0 Å². The average molecular weight is 295 g/mol. The molecule has 0 spiro atoms. The minimum absolute atomic E-state index is 0.118. The molecule has 2 heterocycles. The van der Waals surface area contributed by atoms with Crippen molar-refractivity contribution in [1.82, 2.24) is 14.7 Å². The van der Waals surface area contributed by atoms with E-state index in [-0.39, 0.29) is 29.7 Å². The van der Waals surface area contributed by atoms with Gasteiger partial charge in [0.1, 0.15) is 11.7 Å². The number of nitro groups is 1. The number of carbonyl (C=O) groups is 2. The summed E-state index contributed by atoms with van der Waals surface area (Å²) in [6.07, 6.45) is 0.959. The van der Waals surface area contributed by atoms with Crippen molar-refractivity contribution in [3.63, 3.8) is 0 Å². The summed E-state index contributed by atoms with van der Waals surface area (Å²) in [6, 6.07) is -0.661. The number of hydrogen-bond acceptors (Lipinski definition) is 6. The molecule has 114 valence electrons. The molecule has 21 heavy (non-hydrogen) atoms. The Balaban J connectivity index is 2.32. The van der Waals surface area contributed by atoms with E-state index in [9.17, 15) is 19.7 Å². The number of anilines is 1. The lowest BCUT2D eigenvalue weighted by Crippen LogP contribution is -2.48. The molecule has 1 aromatic heterocycles. The Labute approximate surface area is 121 Å². The van der Waals surface area contributed by atoms with E-state index in [1.807, 2.05) is 0 Å². The fourth-order valence-corrected chi connectivity index (χ4v) is 2.37. The van der Waals surface area contributed by atoms with Crippen LogP contribution in [0, 0.1) is 10.1 Å². The van der Waals surface area contributed by atoms with Crippen molar-refractivity contribution in [3.05, 3.63) is 15.8 Å². The van der Waals surface area contributed by atoms with Crippen LogP contribution in [0.15, 0.2) is 0 Å². The molecule has 1 saturated heterocycles. The van der Waals surface area contributed by atoms with Crippen molar-refractivity contribution in [1.29, 1.82) is 0 Å². The zero-order valence-electron chi connectivity index (χ0n) is 12.1. The molecule has 1 atom stereocenters. The summed E-state index contributed by atoms with van der Waals surface area (Å²) in [5.74, 6) is -0.440. The van der Waals surface area contributed by atoms with Gasteiger partial charge in [0.15, 0.2) is 0 Å². The molecule has 1 N–H and O–H groups in total. The van der Waals surface area contributed by atoms with Gasteiger partial charge in [0.2, 0.25) is 11.7 Å². The van der Waals surface area contributed by atoms with Crippen LogP contribution in [0.1, 0.15) is 25.5 Å². The van der Waals surface area contributed by atoms with E-state index >= 15 is 0 Å². The maximum Gasteiger partial charge on any atom is 0.334 e. The first kappa shape index (κ1) is 14.9. The molecule has 2 amide bonds. The van der Waals surface area contributed by atoms with E-state index in [0.29, 0.717) is 18.5 Å². The quantitative estimate of drug-likeness (QED) is 0.490. The maximum absolute atomic E-state index is 12.1. The first-order valence-electron chi connectivity index (χ1n) is 6.64. The summed E-state index contributed by atoms with van der Waals surface area (Å²) in [4.78, 5) is 35.3. The summed E-state index contributed by atoms with van der Waals surface area (Å²) in [5, 5.41) is 18.2. The first-order valence-corrected chi connectivity index (χ1v) is 6.64. The van der Waals surface area contributed by atoms with Crippen molar-refractivity contribution < 1.29 is 14.5 Å². The number of hydrogen-bond donors (Lipinski definition) is 1. The van der Waals surface area contributed by atoms with E-state index in [0.717, 1.165) is 4.90 Å². The molecule has 1 aliphatic rings. The summed E-state index contributed by atoms with van der Waals surface area (Å²) in [6.45, 7) is 1.78. The van der Waals surface area contributed by atoms with Crippen LogP contribution in [-0.2, 0) is 23.1 Å². The lowest BCUT2D eigenvalue weighted by molar-refractivity contribution is -0.384. The van der Waals surface area contributed by atoms with Gasteiger partial charge in [-0.25, -0.2) is 4.68 Å². The normalized spacial score (nSPS) is 19.0. The third kappa shape index (κ3) is 2.58. The van der Waals surface area contributed by atoms with Crippen LogP contribution in [0.2, 0.25) is 0 Å². The molecular formula is C12H17N5O4. The minimum Gasteiger partial charge on any atom is -0.353 e. The predicted octanol–water partition coefficient (Wildman–Crippen LogP) is 0.450. The number of carbonyl (C=O) groups excluding carboxylic acids is 2. The second kappa shape index (κ2) is 5.51. The first-order chi connectivity index (χ1) is 9.86. The highest BCUT2D eigenvalue weighted by molar-refractivity contribution is 6.01. The second-order valence-electron chi connectivity index (χ2n) is 4.90. The number of likely N-dealkylation sites (N-methyl/N-ethyl adjacent to an activating group) is 1. The molecule has 1 aromatic rings. The van der Waals surface area contributed by atoms with Gasteiger partial charge in [0, 0.05) is 20.5 Å². The highest BCUT2D eigenvalue weighted by Crippen LogP contribution is 2.30. The van der Waals surface area contributed by atoms with Gasteiger partial charge in [-0.3, -0.25) is 24.6 Å². The van der Waals surface area contributed by atoms with Crippen molar-refractivity contribution in [2.45, 2.75) is 32.2 Å². The van der Waals surface area contributed by atoms with Crippen molar-refractivity contribution in [2.75, 3.05) is 12.4 Å². The van der Waals surface area contributed by atoms with Gasteiger partial charge < -0.3 is 5.32 Å². The molecule has 0 radical (unpaired) electrons. The molecule has 0 saturated carbocycles. The van der Waals surface area contributed by atoms with Crippen molar-refractivity contribution >= 4 is 23.3 Å². The molecule has 0 bridgehead atoms. The molecule has 0 aliphatic carbocycles. The Morgan fingerprint density at radius 2 is 2.10 bits per heavy atom. The van der Waals surface area contributed by atoms with E-state index < -0.39 is 11.0 Å². The molecule has 1 aliphatic heterocycles. The van der Waals surface area contributed by atoms with Crippen LogP contribution >= 0.6 is 0 Å². The monoisotopic (exact) mass is 295 g/mol. The topological polar surface area (TPSA) is 110 Å². The van der Waals surface area contributed by atoms with E-state index in [2.05, 4.69) is 10.4 Å². The Morgan fingerprint density at radius 1 is 1.43 bits per heavy atom. The number of aromatic nitrogens is 2. The van der Waals surface area contributed by atoms with Crippen LogP contribution in [0.3, 0.4) is 0 Å². The van der Waals surface area contributed by atoms with Gasteiger partial charge in [-0.1, -0.05) is 6.92 Å². The van der Waals surface area contributed by atoms with Crippen LogP contribution in [0.4, 0.5) is 11.5 Å².